The monoisotopic (exact) mass is 514 g/mol. The van der Waals surface area contributed by atoms with Gasteiger partial charge >= 0.3 is 5.97 Å². The number of aryl methyl sites for hydroxylation is 3. The molecule has 0 saturated carbocycles. The van der Waals surface area contributed by atoms with Crippen molar-refractivity contribution in [2.75, 3.05) is 5.32 Å². The number of anilines is 1. The number of nitrogens with one attached hydrogen (secondary N) is 1. The summed E-state index contributed by atoms with van der Waals surface area (Å²) in [6, 6.07) is 11.0. The van der Waals surface area contributed by atoms with Crippen LogP contribution in [0, 0.1) is 13.8 Å². The van der Waals surface area contributed by atoms with Crippen molar-refractivity contribution < 1.29 is 19.5 Å². The Kier molecular flexibility index (Phi) is 8.10. The third kappa shape index (κ3) is 6.02. The lowest BCUT2D eigenvalue weighted by Gasteiger charge is -2.18. The lowest BCUT2D eigenvalue weighted by molar-refractivity contribution is -0.137. The van der Waals surface area contributed by atoms with Crippen LogP contribution in [0.3, 0.4) is 0 Å². The SMILES string of the molecule is CCC(=O)c1ccc2c(c1)c(C)cn2C(C)C(=O)Nc1cc(Cn2cc(C)cn2)ccc1CCCC(=O)O. The summed E-state index contributed by atoms with van der Waals surface area (Å²) < 4.78 is 3.77. The van der Waals surface area contributed by atoms with Crippen molar-refractivity contribution in [3.8, 4) is 0 Å². The number of carbonyl (C=O) groups excluding carboxylic acids is 2. The second-order valence-electron chi connectivity index (χ2n) is 9.85. The molecule has 2 N–H and O–H groups in total. The third-order valence-corrected chi connectivity index (χ3v) is 6.85. The van der Waals surface area contributed by atoms with Crippen LogP contribution in [0.1, 0.15) is 71.8 Å². The number of carboxylic acids is 1. The molecular weight excluding hydrogens is 480 g/mol. The first-order valence-corrected chi connectivity index (χ1v) is 12.9. The molecule has 0 radical (unpaired) electrons. The zero-order valence-electron chi connectivity index (χ0n) is 22.3. The largest absolute Gasteiger partial charge is 0.481 e. The van der Waals surface area contributed by atoms with Crippen molar-refractivity contribution in [2.24, 2.45) is 0 Å². The molecule has 0 fully saturated rings. The van der Waals surface area contributed by atoms with Gasteiger partial charge in [0.1, 0.15) is 6.04 Å². The van der Waals surface area contributed by atoms with Crippen LogP contribution in [0.2, 0.25) is 0 Å². The number of amides is 1. The minimum absolute atomic E-state index is 0.0647. The van der Waals surface area contributed by atoms with Crippen LogP contribution in [0.15, 0.2) is 55.0 Å². The Balaban J connectivity index is 1.60. The fourth-order valence-corrected chi connectivity index (χ4v) is 4.71. The van der Waals surface area contributed by atoms with Crippen LogP contribution in [-0.4, -0.2) is 37.1 Å². The number of fused-ring (bicyclic) bond motifs is 1. The zero-order valence-corrected chi connectivity index (χ0v) is 22.3. The maximum absolute atomic E-state index is 13.5. The number of benzene rings is 2. The number of carbonyl (C=O) groups is 3. The molecule has 0 saturated heterocycles. The first kappa shape index (κ1) is 26.9. The Morgan fingerprint density at radius 2 is 1.87 bits per heavy atom. The smallest absolute Gasteiger partial charge is 0.303 e. The van der Waals surface area contributed by atoms with E-state index in [1.807, 2.05) is 85.7 Å². The molecule has 38 heavy (non-hydrogen) atoms. The number of Topliss-reactive ketones (excluding diaryl/α,β-unsaturated/α-hetero) is 1. The third-order valence-electron chi connectivity index (χ3n) is 6.85. The fraction of sp³-hybridized carbons (Fsp3) is 0.333. The quantitative estimate of drug-likeness (QED) is 0.250. The average Bonchev–Trinajstić information content (AvgIpc) is 3.45. The molecule has 1 atom stereocenters. The van der Waals surface area contributed by atoms with Gasteiger partial charge in [-0.15, -0.1) is 0 Å². The van der Waals surface area contributed by atoms with E-state index in [-0.39, 0.29) is 18.1 Å². The van der Waals surface area contributed by atoms with Crippen molar-refractivity contribution in [1.82, 2.24) is 14.3 Å². The summed E-state index contributed by atoms with van der Waals surface area (Å²) in [5.41, 5.74) is 6.18. The Hall–Kier alpha value is -4.20. The van der Waals surface area contributed by atoms with Crippen LogP contribution < -0.4 is 5.32 Å². The van der Waals surface area contributed by atoms with Crippen LogP contribution in [0.4, 0.5) is 5.69 Å². The van der Waals surface area contributed by atoms with Crippen LogP contribution in [0.5, 0.6) is 0 Å². The summed E-state index contributed by atoms with van der Waals surface area (Å²) in [4.78, 5) is 36.7. The number of aromatic nitrogens is 3. The van der Waals surface area contributed by atoms with E-state index in [9.17, 15) is 14.4 Å². The molecule has 8 heteroatoms. The van der Waals surface area contributed by atoms with Crippen LogP contribution >= 0.6 is 0 Å². The lowest BCUT2D eigenvalue weighted by atomic mass is 10.0. The first-order chi connectivity index (χ1) is 18.2. The summed E-state index contributed by atoms with van der Waals surface area (Å²) >= 11 is 0. The summed E-state index contributed by atoms with van der Waals surface area (Å²) in [6.07, 6.45) is 7.23. The lowest BCUT2D eigenvalue weighted by Crippen LogP contribution is -2.24. The number of aliphatic carboxylic acids is 1. The van der Waals surface area contributed by atoms with Gasteiger partial charge in [-0.1, -0.05) is 19.1 Å². The molecule has 0 aliphatic rings. The predicted octanol–water partition coefficient (Wildman–Crippen LogP) is 5.70. The van der Waals surface area contributed by atoms with Crippen LogP contribution in [-0.2, 0) is 22.6 Å². The minimum atomic E-state index is -0.839. The second kappa shape index (κ2) is 11.5. The molecule has 4 aromatic rings. The molecule has 198 valence electrons. The Morgan fingerprint density at radius 3 is 2.55 bits per heavy atom. The second-order valence-corrected chi connectivity index (χ2v) is 9.85. The molecule has 2 aromatic carbocycles. The standard InChI is InChI=1S/C30H34N4O4/c1-5-28(35)24-11-12-27-25(14-24)20(3)17-34(27)21(4)30(38)32-26-13-22(18-33-16-19(2)15-31-33)9-10-23(26)7-6-8-29(36)37/h9-17,21H,5-8,18H2,1-4H3,(H,32,38)(H,36,37). The number of nitrogens with zero attached hydrogens (tertiary/aromatic N) is 3. The van der Waals surface area contributed by atoms with Gasteiger partial charge < -0.3 is 15.0 Å². The fourth-order valence-electron chi connectivity index (χ4n) is 4.71. The zero-order chi connectivity index (χ0) is 27.4. The number of carboxylic acid groups (broad SMARTS) is 1. The van der Waals surface area contributed by atoms with E-state index in [4.69, 9.17) is 5.11 Å². The molecule has 0 aliphatic carbocycles. The van der Waals surface area contributed by atoms with Gasteiger partial charge in [0.15, 0.2) is 5.78 Å². The number of hydrogen-bond acceptors (Lipinski definition) is 4. The highest BCUT2D eigenvalue weighted by Crippen LogP contribution is 2.28. The van der Waals surface area contributed by atoms with Crippen molar-refractivity contribution >= 4 is 34.3 Å². The Labute approximate surface area is 222 Å². The van der Waals surface area contributed by atoms with Crippen LogP contribution in [0.25, 0.3) is 10.9 Å². The highest BCUT2D eigenvalue weighted by molar-refractivity contribution is 6.01. The molecule has 1 amide bonds. The van der Waals surface area contributed by atoms with Gasteiger partial charge in [0.05, 0.1) is 12.7 Å². The molecule has 8 nitrogen and oxygen atoms in total. The predicted molar refractivity (Wildman–Crippen MR) is 148 cm³/mol. The summed E-state index contributed by atoms with van der Waals surface area (Å²) in [5, 5.41) is 17.5. The number of rotatable bonds is 11. The number of ketones is 1. The molecule has 0 aliphatic heterocycles. The van der Waals surface area contributed by atoms with Gasteiger partial charge in [0.25, 0.3) is 0 Å². The van der Waals surface area contributed by atoms with E-state index >= 15 is 0 Å². The Morgan fingerprint density at radius 1 is 1.08 bits per heavy atom. The number of hydrogen-bond donors (Lipinski definition) is 2. The average molecular weight is 515 g/mol. The summed E-state index contributed by atoms with van der Waals surface area (Å²) in [6.45, 7) is 8.21. The molecule has 2 heterocycles. The van der Waals surface area contributed by atoms with Crippen molar-refractivity contribution in [2.45, 2.75) is 66.0 Å². The van der Waals surface area contributed by atoms with E-state index in [2.05, 4.69) is 10.4 Å². The molecule has 1 unspecified atom stereocenters. The van der Waals surface area contributed by atoms with E-state index in [0.29, 0.717) is 37.1 Å². The van der Waals surface area contributed by atoms with Gasteiger partial charge in [0.2, 0.25) is 5.91 Å². The Bertz CT molecular complexity index is 1500. The molecule has 4 rings (SSSR count). The van der Waals surface area contributed by atoms with Gasteiger partial charge in [-0.3, -0.25) is 19.1 Å². The van der Waals surface area contributed by atoms with Gasteiger partial charge in [-0.25, -0.2) is 0 Å². The van der Waals surface area contributed by atoms with Gasteiger partial charge in [-0.05, 0) is 80.1 Å². The highest BCUT2D eigenvalue weighted by atomic mass is 16.4. The van der Waals surface area contributed by atoms with E-state index < -0.39 is 12.0 Å². The highest BCUT2D eigenvalue weighted by Gasteiger charge is 2.20. The topological polar surface area (TPSA) is 106 Å². The molecule has 0 bridgehead atoms. The summed E-state index contributed by atoms with van der Waals surface area (Å²) in [7, 11) is 0. The first-order valence-electron chi connectivity index (χ1n) is 12.9. The van der Waals surface area contributed by atoms with E-state index in [1.165, 1.54) is 0 Å². The maximum Gasteiger partial charge on any atom is 0.303 e. The van der Waals surface area contributed by atoms with Gasteiger partial charge in [0, 0.05) is 47.4 Å². The van der Waals surface area contributed by atoms with E-state index in [0.717, 1.165) is 33.2 Å². The molecular formula is C30H34N4O4. The molecule has 2 aromatic heterocycles. The van der Waals surface area contributed by atoms with Crippen molar-refractivity contribution in [3.63, 3.8) is 0 Å². The maximum atomic E-state index is 13.5. The van der Waals surface area contributed by atoms with Gasteiger partial charge in [-0.2, -0.15) is 5.10 Å². The normalized spacial score (nSPS) is 12.0. The van der Waals surface area contributed by atoms with Crippen molar-refractivity contribution in [1.29, 1.82) is 0 Å². The minimum Gasteiger partial charge on any atom is -0.481 e. The van der Waals surface area contributed by atoms with Crippen molar-refractivity contribution in [3.05, 3.63) is 82.8 Å². The van der Waals surface area contributed by atoms with E-state index in [1.54, 1.807) is 6.20 Å². The summed E-state index contributed by atoms with van der Waals surface area (Å²) in [5.74, 6) is -0.930. The molecule has 0 spiro atoms.